The molecule has 0 heterocycles. The van der Waals surface area contributed by atoms with Crippen molar-refractivity contribution in [3.8, 4) is 0 Å². The normalized spacial score (nSPS) is 18.0. The topological polar surface area (TPSA) is 23.5 Å². The Morgan fingerprint density at radius 1 is 1.29 bits per heavy atom. The predicted molar refractivity (Wildman–Crippen MR) is 58.6 cm³/mol. The second-order valence-corrected chi connectivity index (χ2v) is 4.43. The predicted octanol–water partition coefficient (Wildman–Crippen LogP) is 2.04. The van der Waals surface area contributed by atoms with Crippen molar-refractivity contribution in [1.82, 2.24) is 0 Å². The van der Waals surface area contributed by atoms with Crippen LogP contribution < -0.4 is 4.90 Å². The van der Waals surface area contributed by atoms with E-state index in [2.05, 4.69) is 24.0 Å². The van der Waals surface area contributed by atoms with Crippen LogP contribution in [0.25, 0.3) is 0 Å². The Labute approximate surface area is 85.2 Å². The van der Waals surface area contributed by atoms with Gasteiger partial charge in [-0.3, -0.25) is 0 Å². The van der Waals surface area contributed by atoms with Crippen molar-refractivity contribution in [1.29, 1.82) is 0 Å². The molecule has 0 atom stereocenters. The molecule has 0 unspecified atom stereocenters. The third-order valence-corrected chi connectivity index (χ3v) is 2.95. The highest BCUT2D eigenvalue weighted by Gasteiger charge is 2.42. The summed E-state index contributed by atoms with van der Waals surface area (Å²) in [4.78, 5) is 2.09. The van der Waals surface area contributed by atoms with E-state index >= 15 is 0 Å². The van der Waals surface area contributed by atoms with Gasteiger partial charge in [0, 0.05) is 19.8 Å². The maximum atomic E-state index is 9.98. The SMILES string of the molecule is Cc1ccc(C2(O)CC2)cc1N(C)C. The number of hydrogen-bond donors (Lipinski definition) is 1. The van der Waals surface area contributed by atoms with E-state index in [0.29, 0.717) is 0 Å². The molecule has 0 radical (unpaired) electrons. The first-order valence-electron chi connectivity index (χ1n) is 5.04. The summed E-state index contributed by atoms with van der Waals surface area (Å²) in [5, 5.41) is 9.98. The zero-order valence-corrected chi connectivity index (χ0v) is 9.04. The van der Waals surface area contributed by atoms with Crippen molar-refractivity contribution in [3.63, 3.8) is 0 Å². The molecule has 1 N–H and O–H groups in total. The number of aryl methyl sites for hydroxylation is 1. The number of benzene rings is 1. The van der Waals surface area contributed by atoms with Crippen LogP contribution in [-0.4, -0.2) is 19.2 Å². The van der Waals surface area contributed by atoms with Crippen LogP contribution >= 0.6 is 0 Å². The first kappa shape index (κ1) is 9.53. The molecule has 76 valence electrons. The van der Waals surface area contributed by atoms with Gasteiger partial charge in [0.25, 0.3) is 0 Å². The van der Waals surface area contributed by atoms with E-state index in [1.165, 1.54) is 11.3 Å². The molecule has 1 aliphatic rings. The molecular weight excluding hydrogens is 174 g/mol. The molecule has 2 heteroatoms. The summed E-state index contributed by atoms with van der Waals surface area (Å²) in [5.74, 6) is 0. The van der Waals surface area contributed by atoms with E-state index < -0.39 is 5.60 Å². The van der Waals surface area contributed by atoms with Gasteiger partial charge < -0.3 is 10.0 Å². The van der Waals surface area contributed by atoms with Crippen LogP contribution in [0.15, 0.2) is 18.2 Å². The third kappa shape index (κ3) is 1.50. The molecule has 0 amide bonds. The van der Waals surface area contributed by atoms with Crippen LogP contribution in [0.2, 0.25) is 0 Å². The highest BCUT2D eigenvalue weighted by molar-refractivity contribution is 5.55. The van der Waals surface area contributed by atoms with Gasteiger partial charge in [0.15, 0.2) is 0 Å². The van der Waals surface area contributed by atoms with E-state index in [4.69, 9.17) is 0 Å². The van der Waals surface area contributed by atoms with Crippen molar-refractivity contribution < 1.29 is 5.11 Å². The molecule has 14 heavy (non-hydrogen) atoms. The number of rotatable bonds is 2. The van der Waals surface area contributed by atoms with Crippen molar-refractivity contribution >= 4 is 5.69 Å². The number of aliphatic hydroxyl groups is 1. The second-order valence-electron chi connectivity index (χ2n) is 4.43. The van der Waals surface area contributed by atoms with Gasteiger partial charge in [-0.25, -0.2) is 0 Å². The lowest BCUT2D eigenvalue weighted by Gasteiger charge is -2.18. The van der Waals surface area contributed by atoms with Crippen molar-refractivity contribution in [2.24, 2.45) is 0 Å². The van der Waals surface area contributed by atoms with Crippen LogP contribution in [0.4, 0.5) is 5.69 Å². The van der Waals surface area contributed by atoms with Gasteiger partial charge in [0.05, 0.1) is 5.60 Å². The summed E-state index contributed by atoms with van der Waals surface area (Å²) in [7, 11) is 4.06. The molecule has 0 aromatic heterocycles. The van der Waals surface area contributed by atoms with Crippen LogP contribution in [0.1, 0.15) is 24.0 Å². The molecule has 1 aliphatic carbocycles. The Balaban J connectivity index is 2.41. The number of anilines is 1. The fourth-order valence-electron chi connectivity index (χ4n) is 1.79. The lowest BCUT2D eigenvalue weighted by Crippen LogP contribution is -2.12. The molecule has 1 fully saturated rings. The van der Waals surface area contributed by atoms with Crippen LogP contribution in [0, 0.1) is 6.92 Å². The fourth-order valence-corrected chi connectivity index (χ4v) is 1.79. The fraction of sp³-hybridized carbons (Fsp3) is 0.500. The summed E-state index contributed by atoms with van der Waals surface area (Å²) in [6, 6.07) is 6.22. The largest absolute Gasteiger partial charge is 0.385 e. The Kier molecular flexibility index (Phi) is 2.04. The van der Waals surface area contributed by atoms with Gasteiger partial charge in [0.1, 0.15) is 0 Å². The first-order chi connectivity index (χ1) is 6.53. The van der Waals surface area contributed by atoms with Crippen LogP contribution in [0.5, 0.6) is 0 Å². The Morgan fingerprint density at radius 2 is 1.93 bits per heavy atom. The highest BCUT2D eigenvalue weighted by atomic mass is 16.3. The Morgan fingerprint density at radius 3 is 2.43 bits per heavy atom. The van der Waals surface area contributed by atoms with Gasteiger partial charge in [-0.15, -0.1) is 0 Å². The summed E-state index contributed by atoms with van der Waals surface area (Å²) < 4.78 is 0. The quantitative estimate of drug-likeness (QED) is 0.773. The first-order valence-corrected chi connectivity index (χ1v) is 5.04. The molecule has 1 saturated carbocycles. The number of hydrogen-bond acceptors (Lipinski definition) is 2. The molecule has 1 aromatic rings. The summed E-state index contributed by atoms with van der Waals surface area (Å²) in [6.07, 6.45) is 1.81. The molecular formula is C12H17NO. The lowest BCUT2D eigenvalue weighted by molar-refractivity contribution is 0.151. The van der Waals surface area contributed by atoms with Gasteiger partial charge in [-0.05, 0) is 37.0 Å². The molecule has 2 nitrogen and oxygen atoms in total. The van der Waals surface area contributed by atoms with Gasteiger partial charge in [-0.2, -0.15) is 0 Å². The minimum atomic E-state index is -0.515. The second kappa shape index (κ2) is 2.99. The average Bonchev–Trinajstić information content (AvgIpc) is 2.85. The molecule has 0 aliphatic heterocycles. The molecule has 0 bridgehead atoms. The minimum absolute atomic E-state index is 0.515. The maximum absolute atomic E-state index is 9.98. The maximum Gasteiger partial charge on any atom is 0.0899 e. The van der Waals surface area contributed by atoms with Gasteiger partial charge in [0.2, 0.25) is 0 Å². The molecule has 1 aromatic carbocycles. The molecule has 0 spiro atoms. The standard InChI is InChI=1S/C12H17NO/c1-9-4-5-10(12(14)6-7-12)8-11(9)13(2)3/h4-5,8,14H,6-7H2,1-3H3. The Hall–Kier alpha value is -1.02. The van der Waals surface area contributed by atoms with E-state index in [-0.39, 0.29) is 0 Å². The van der Waals surface area contributed by atoms with E-state index in [1.54, 1.807) is 0 Å². The third-order valence-electron chi connectivity index (χ3n) is 2.95. The van der Waals surface area contributed by atoms with E-state index in [0.717, 1.165) is 18.4 Å². The smallest absolute Gasteiger partial charge is 0.0899 e. The van der Waals surface area contributed by atoms with Gasteiger partial charge in [-0.1, -0.05) is 12.1 Å². The van der Waals surface area contributed by atoms with Crippen molar-refractivity contribution in [2.75, 3.05) is 19.0 Å². The highest BCUT2D eigenvalue weighted by Crippen LogP contribution is 2.46. The van der Waals surface area contributed by atoms with Gasteiger partial charge >= 0.3 is 0 Å². The summed E-state index contributed by atoms with van der Waals surface area (Å²) in [5.41, 5.74) is 3.00. The lowest BCUT2D eigenvalue weighted by atomic mass is 10.0. The van der Waals surface area contributed by atoms with Crippen LogP contribution in [-0.2, 0) is 5.60 Å². The minimum Gasteiger partial charge on any atom is -0.385 e. The zero-order chi connectivity index (χ0) is 10.3. The average molecular weight is 191 g/mol. The van der Waals surface area contributed by atoms with Crippen molar-refractivity contribution in [3.05, 3.63) is 29.3 Å². The zero-order valence-electron chi connectivity index (χ0n) is 9.04. The number of nitrogens with zero attached hydrogens (tertiary/aromatic N) is 1. The van der Waals surface area contributed by atoms with E-state index in [1.807, 2.05) is 20.2 Å². The Bertz CT molecular complexity index is 353. The molecule has 2 rings (SSSR count). The summed E-state index contributed by atoms with van der Waals surface area (Å²) >= 11 is 0. The van der Waals surface area contributed by atoms with Crippen LogP contribution in [0.3, 0.4) is 0 Å². The van der Waals surface area contributed by atoms with E-state index in [9.17, 15) is 5.11 Å². The summed E-state index contributed by atoms with van der Waals surface area (Å²) in [6.45, 7) is 2.09. The van der Waals surface area contributed by atoms with Crippen molar-refractivity contribution in [2.45, 2.75) is 25.4 Å². The molecule has 0 saturated heterocycles. The monoisotopic (exact) mass is 191 g/mol.